The van der Waals surface area contributed by atoms with Crippen molar-refractivity contribution in [2.45, 2.75) is 19.5 Å². The lowest BCUT2D eigenvalue weighted by molar-refractivity contribution is 0.412. The van der Waals surface area contributed by atoms with Crippen LogP contribution in [0.2, 0.25) is 0 Å². The van der Waals surface area contributed by atoms with Crippen LogP contribution in [0.1, 0.15) is 12.5 Å². The van der Waals surface area contributed by atoms with Crippen LogP contribution in [0.5, 0.6) is 5.75 Å². The fourth-order valence-electron chi connectivity index (χ4n) is 1.49. The summed E-state index contributed by atoms with van der Waals surface area (Å²) < 4.78 is 6.18. The van der Waals surface area contributed by atoms with Crippen molar-refractivity contribution >= 4 is 15.9 Å². The zero-order valence-electron chi connectivity index (χ0n) is 10.0. The normalized spacial score (nSPS) is 12.5. The van der Waals surface area contributed by atoms with Crippen LogP contribution in [0, 0.1) is 0 Å². The van der Waals surface area contributed by atoms with E-state index in [0.717, 1.165) is 23.3 Å². The standard InChI is InChI=1S/C12H19BrN2O/c1-9(7-14-2)15-8-10-4-5-12(16-3)11(13)6-10/h4-6,9,14-15H,7-8H2,1-3H3. The second-order valence-electron chi connectivity index (χ2n) is 3.81. The van der Waals surface area contributed by atoms with Crippen LogP contribution >= 0.6 is 15.9 Å². The van der Waals surface area contributed by atoms with Gasteiger partial charge in [-0.2, -0.15) is 0 Å². The van der Waals surface area contributed by atoms with Gasteiger partial charge in [0.25, 0.3) is 0 Å². The molecule has 0 radical (unpaired) electrons. The predicted molar refractivity (Wildman–Crippen MR) is 70.9 cm³/mol. The van der Waals surface area contributed by atoms with Crippen molar-refractivity contribution in [1.29, 1.82) is 0 Å². The lowest BCUT2D eigenvalue weighted by Crippen LogP contribution is -2.34. The summed E-state index contributed by atoms with van der Waals surface area (Å²) in [7, 11) is 3.63. The average molecular weight is 287 g/mol. The molecule has 0 saturated heterocycles. The molecule has 90 valence electrons. The number of rotatable bonds is 6. The molecule has 0 aromatic heterocycles. The Hall–Kier alpha value is -0.580. The summed E-state index contributed by atoms with van der Waals surface area (Å²) >= 11 is 3.48. The number of ether oxygens (including phenoxy) is 1. The molecule has 0 saturated carbocycles. The molecule has 16 heavy (non-hydrogen) atoms. The number of hydrogen-bond acceptors (Lipinski definition) is 3. The van der Waals surface area contributed by atoms with Crippen molar-refractivity contribution in [2.75, 3.05) is 20.7 Å². The maximum Gasteiger partial charge on any atom is 0.133 e. The Morgan fingerprint density at radius 2 is 2.19 bits per heavy atom. The van der Waals surface area contributed by atoms with Gasteiger partial charge in [0.2, 0.25) is 0 Å². The first-order valence-corrected chi connectivity index (χ1v) is 6.17. The van der Waals surface area contributed by atoms with E-state index in [1.165, 1.54) is 5.56 Å². The summed E-state index contributed by atoms with van der Waals surface area (Å²) in [5.74, 6) is 0.868. The van der Waals surface area contributed by atoms with Gasteiger partial charge in [-0.05, 0) is 47.6 Å². The summed E-state index contributed by atoms with van der Waals surface area (Å²) in [5, 5.41) is 6.58. The smallest absolute Gasteiger partial charge is 0.133 e. The van der Waals surface area contributed by atoms with Gasteiger partial charge in [0.15, 0.2) is 0 Å². The minimum Gasteiger partial charge on any atom is -0.496 e. The van der Waals surface area contributed by atoms with Crippen LogP contribution in [0.15, 0.2) is 22.7 Å². The van der Waals surface area contributed by atoms with Gasteiger partial charge in [-0.25, -0.2) is 0 Å². The Labute approximate surface area is 106 Å². The number of benzene rings is 1. The molecule has 1 unspecified atom stereocenters. The third kappa shape index (κ3) is 4.12. The van der Waals surface area contributed by atoms with Crippen LogP contribution < -0.4 is 15.4 Å². The molecule has 1 atom stereocenters. The molecule has 3 nitrogen and oxygen atoms in total. The van der Waals surface area contributed by atoms with Crippen molar-refractivity contribution in [1.82, 2.24) is 10.6 Å². The molecule has 1 aromatic carbocycles. The SMILES string of the molecule is CNCC(C)NCc1ccc(OC)c(Br)c1. The summed E-state index contributed by atoms with van der Waals surface area (Å²) in [4.78, 5) is 0. The fourth-order valence-corrected chi connectivity index (χ4v) is 2.08. The molecular formula is C12H19BrN2O. The number of methoxy groups -OCH3 is 1. The Morgan fingerprint density at radius 1 is 1.44 bits per heavy atom. The van der Waals surface area contributed by atoms with E-state index >= 15 is 0 Å². The van der Waals surface area contributed by atoms with E-state index in [1.54, 1.807) is 7.11 Å². The van der Waals surface area contributed by atoms with Crippen molar-refractivity contribution in [3.8, 4) is 5.75 Å². The van der Waals surface area contributed by atoms with Crippen LogP contribution in [0.25, 0.3) is 0 Å². The van der Waals surface area contributed by atoms with Gasteiger partial charge in [0.05, 0.1) is 11.6 Å². The quantitative estimate of drug-likeness (QED) is 0.841. The van der Waals surface area contributed by atoms with Gasteiger partial charge in [-0.1, -0.05) is 6.07 Å². The highest BCUT2D eigenvalue weighted by Gasteiger charge is 2.03. The molecule has 1 aromatic rings. The van der Waals surface area contributed by atoms with E-state index in [9.17, 15) is 0 Å². The van der Waals surface area contributed by atoms with Gasteiger partial charge in [-0.3, -0.25) is 0 Å². The third-order valence-corrected chi connectivity index (χ3v) is 3.00. The van der Waals surface area contributed by atoms with Gasteiger partial charge in [0, 0.05) is 19.1 Å². The molecule has 0 aliphatic rings. The van der Waals surface area contributed by atoms with E-state index in [4.69, 9.17) is 4.74 Å². The minimum atomic E-state index is 0.464. The molecule has 0 spiro atoms. The molecule has 0 bridgehead atoms. The molecule has 0 amide bonds. The lowest BCUT2D eigenvalue weighted by Gasteiger charge is -2.13. The molecular weight excluding hydrogens is 268 g/mol. The first kappa shape index (κ1) is 13.5. The van der Waals surface area contributed by atoms with Gasteiger partial charge < -0.3 is 15.4 Å². The van der Waals surface area contributed by atoms with Crippen LogP contribution in [0.3, 0.4) is 0 Å². The Kier molecular flexibility index (Phi) is 5.80. The topological polar surface area (TPSA) is 33.3 Å². The van der Waals surface area contributed by atoms with Crippen molar-refractivity contribution in [2.24, 2.45) is 0 Å². The monoisotopic (exact) mass is 286 g/mol. The molecule has 1 rings (SSSR count). The molecule has 4 heteroatoms. The fraction of sp³-hybridized carbons (Fsp3) is 0.500. The van der Waals surface area contributed by atoms with Gasteiger partial charge in [0.1, 0.15) is 5.75 Å². The summed E-state index contributed by atoms with van der Waals surface area (Å²) in [6, 6.07) is 6.59. The second kappa shape index (κ2) is 6.89. The van der Waals surface area contributed by atoms with Crippen LogP contribution in [-0.4, -0.2) is 26.7 Å². The Balaban J connectivity index is 2.51. The van der Waals surface area contributed by atoms with E-state index < -0.39 is 0 Å². The van der Waals surface area contributed by atoms with Crippen molar-refractivity contribution in [3.05, 3.63) is 28.2 Å². The number of hydrogen-bond donors (Lipinski definition) is 2. The van der Waals surface area contributed by atoms with E-state index in [-0.39, 0.29) is 0 Å². The third-order valence-electron chi connectivity index (χ3n) is 2.38. The Morgan fingerprint density at radius 3 is 2.75 bits per heavy atom. The van der Waals surface area contributed by atoms with Gasteiger partial charge in [-0.15, -0.1) is 0 Å². The zero-order valence-corrected chi connectivity index (χ0v) is 11.6. The highest BCUT2D eigenvalue weighted by Crippen LogP contribution is 2.25. The van der Waals surface area contributed by atoms with Crippen LogP contribution in [0.4, 0.5) is 0 Å². The molecule has 0 fully saturated rings. The summed E-state index contributed by atoms with van der Waals surface area (Å²) in [6.45, 7) is 4.00. The molecule has 0 aliphatic heterocycles. The zero-order chi connectivity index (χ0) is 12.0. The first-order valence-electron chi connectivity index (χ1n) is 5.37. The minimum absolute atomic E-state index is 0.464. The Bertz CT molecular complexity index is 331. The highest BCUT2D eigenvalue weighted by atomic mass is 79.9. The van der Waals surface area contributed by atoms with E-state index in [0.29, 0.717) is 6.04 Å². The first-order chi connectivity index (χ1) is 7.67. The number of halogens is 1. The number of nitrogens with one attached hydrogen (secondary N) is 2. The summed E-state index contributed by atoms with van der Waals surface area (Å²) in [5.41, 5.74) is 1.25. The van der Waals surface area contributed by atoms with E-state index in [1.807, 2.05) is 13.1 Å². The molecule has 0 aliphatic carbocycles. The molecule has 0 heterocycles. The van der Waals surface area contributed by atoms with E-state index in [2.05, 4.69) is 45.6 Å². The molecule has 2 N–H and O–H groups in total. The highest BCUT2D eigenvalue weighted by molar-refractivity contribution is 9.10. The maximum atomic E-state index is 5.19. The second-order valence-corrected chi connectivity index (χ2v) is 4.66. The van der Waals surface area contributed by atoms with Crippen molar-refractivity contribution < 1.29 is 4.74 Å². The summed E-state index contributed by atoms with van der Waals surface area (Å²) in [6.07, 6.45) is 0. The van der Waals surface area contributed by atoms with Crippen molar-refractivity contribution in [3.63, 3.8) is 0 Å². The largest absolute Gasteiger partial charge is 0.496 e. The number of likely N-dealkylation sites (N-methyl/N-ethyl adjacent to an activating group) is 1. The maximum absolute atomic E-state index is 5.19. The predicted octanol–water partition coefficient (Wildman–Crippen LogP) is 2.16. The average Bonchev–Trinajstić information content (AvgIpc) is 2.27. The lowest BCUT2D eigenvalue weighted by atomic mass is 10.2. The van der Waals surface area contributed by atoms with Gasteiger partial charge >= 0.3 is 0 Å². The van der Waals surface area contributed by atoms with Crippen LogP contribution in [-0.2, 0) is 6.54 Å².